The number of carbonyl (C=O) groups is 2. The van der Waals surface area contributed by atoms with Gasteiger partial charge in [0.1, 0.15) is 0 Å². The van der Waals surface area contributed by atoms with E-state index in [1.807, 2.05) is 0 Å². The van der Waals surface area contributed by atoms with Crippen molar-refractivity contribution in [2.45, 2.75) is 46.7 Å². The van der Waals surface area contributed by atoms with Crippen LogP contribution < -0.4 is 0 Å². The molecular formula is C18H28NO4PS. The first-order valence-corrected chi connectivity index (χ1v) is 11.3. The van der Waals surface area contributed by atoms with Gasteiger partial charge in [-0.05, 0) is 31.5 Å². The summed E-state index contributed by atoms with van der Waals surface area (Å²) in [6.45, 7) is 13.9. The van der Waals surface area contributed by atoms with Crippen LogP contribution in [0, 0.1) is 5.41 Å². The van der Waals surface area contributed by atoms with E-state index in [4.69, 9.17) is 9.47 Å². The van der Waals surface area contributed by atoms with Crippen LogP contribution >= 0.6 is 18.5 Å². The average molecular weight is 385 g/mol. The highest BCUT2D eigenvalue weighted by molar-refractivity contribution is 8.60. The number of methoxy groups -OCH3 is 2. The van der Waals surface area contributed by atoms with Crippen molar-refractivity contribution in [1.29, 1.82) is 0 Å². The SMILES string of the molecule is CCN(CC)C1=C(C)P2SC(C(C)(C)C)=C(C(=O)OC)C12C(=O)OC. The fourth-order valence-corrected chi connectivity index (χ4v) is 10.2. The van der Waals surface area contributed by atoms with E-state index in [9.17, 15) is 9.59 Å². The summed E-state index contributed by atoms with van der Waals surface area (Å²) in [4.78, 5) is 29.0. The Kier molecular flexibility index (Phi) is 5.65. The maximum absolute atomic E-state index is 13.1. The Morgan fingerprint density at radius 1 is 1.16 bits per heavy atom. The van der Waals surface area contributed by atoms with Crippen LogP contribution in [0.5, 0.6) is 0 Å². The van der Waals surface area contributed by atoms with Crippen LogP contribution in [-0.4, -0.2) is 49.3 Å². The minimum atomic E-state index is -0.999. The number of fused-ring (bicyclic) bond motifs is 1. The van der Waals surface area contributed by atoms with Gasteiger partial charge in [0.25, 0.3) is 0 Å². The summed E-state index contributed by atoms with van der Waals surface area (Å²) >= 11 is 1.67. The van der Waals surface area contributed by atoms with Crippen LogP contribution in [0.1, 0.15) is 41.5 Å². The van der Waals surface area contributed by atoms with Crippen molar-refractivity contribution in [1.82, 2.24) is 4.90 Å². The van der Waals surface area contributed by atoms with Crippen molar-refractivity contribution in [3.8, 4) is 0 Å². The maximum atomic E-state index is 13.1. The molecule has 0 aromatic rings. The Morgan fingerprint density at radius 3 is 2.12 bits per heavy atom. The predicted octanol–water partition coefficient (Wildman–Crippen LogP) is 4.10. The third-order valence-corrected chi connectivity index (χ3v) is 10.7. The highest BCUT2D eigenvalue weighted by Gasteiger charge is 2.69. The summed E-state index contributed by atoms with van der Waals surface area (Å²) in [5.74, 6) is -0.775. The van der Waals surface area contributed by atoms with E-state index >= 15 is 0 Å². The summed E-state index contributed by atoms with van der Waals surface area (Å²) in [5, 5.41) is 0.204. The lowest BCUT2D eigenvalue weighted by molar-refractivity contribution is -0.145. The van der Waals surface area contributed by atoms with E-state index in [1.165, 1.54) is 19.5 Å². The number of hydrogen-bond acceptors (Lipinski definition) is 6. The molecule has 140 valence electrons. The second kappa shape index (κ2) is 6.96. The molecule has 0 radical (unpaired) electrons. The molecule has 0 fully saturated rings. The minimum Gasteiger partial charge on any atom is -0.468 e. The topological polar surface area (TPSA) is 55.8 Å². The summed E-state index contributed by atoms with van der Waals surface area (Å²) in [6, 6.07) is 0. The van der Waals surface area contributed by atoms with Crippen LogP contribution in [0.4, 0.5) is 0 Å². The molecule has 2 unspecified atom stereocenters. The summed E-state index contributed by atoms with van der Waals surface area (Å²) in [5.41, 5.74) is 1.17. The molecule has 0 saturated carbocycles. The number of nitrogens with zero attached hydrogens (tertiary/aromatic N) is 1. The van der Waals surface area contributed by atoms with E-state index in [0.29, 0.717) is 5.57 Å². The van der Waals surface area contributed by atoms with Crippen molar-refractivity contribution >= 4 is 30.4 Å². The fourth-order valence-electron chi connectivity index (χ4n) is 3.59. The van der Waals surface area contributed by atoms with Crippen molar-refractivity contribution in [2.75, 3.05) is 27.3 Å². The van der Waals surface area contributed by atoms with E-state index in [2.05, 4.69) is 46.4 Å². The Hall–Kier alpha value is -1.00. The molecule has 2 atom stereocenters. The Bertz CT molecular complexity index is 660. The number of allylic oxidation sites excluding steroid dienone is 2. The van der Waals surface area contributed by atoms with Crippen LogP contribution in [0.3, 0.4) is 0 Å². The Labute approximate surface area is 155 Å². The number of rotatable bonds is 5. The van der Waals surface area contributed by atoms with E-state index in [-0.39, 0.29) is 11.4 Å². The molecule has 0 aliphatic carbocycles. The van der Waals surface area contributed by atoms with Gasteiger partial charge in [-0.25, -0.2) is 4.79 Å². The molecule has 7 heteroatoms. The van der Waals surface area contributed by atoms with Gasteiger partial charge in [-0.3, -0.25) is 4.79 Å². The fraction of sp³-hybridized carbons (Fsp3) is 0.667. The molecule has 2 aliphatic rings. The van der Waals surface area contributed by atoms with Crippen molar-refractivity contribution < 1.29 is 19.1 Å². The van der Waals surface area contributed by atoms with E-state index in [0.717, 1.165) is 23.7 Å². The lowest BCUT2D eigenvalue weighted by atomic mass is 9.84. The largest absolute Gasteiger partial charge is 0.468 e. The molecular weight excluding hydrogens is 357 g/mol. The lowest BCUT2D eigenvalue weighted by Gasteiger charge is -2.50. The smallest absolute Gasteiger partial charge is 0.336 e. The zero-order valence-electron chi connectivity index (χ0n) is 16.3. The molecule has 0 spiro atoms. The van der Waals surface area contributed by atoms with Gasteiger partial charge in [-0.2, -0.15) is 0 Å². The highest BCUT2D eigenvalue weighted by Crippen LogP contribution is 2.86. The maximum Gasteiger partial charge on any atom is 0.336 e. The lowest BCUT2D eigenvalue weighted by Crippen LogP contribution is -2.53. The summed E-state index contributed by atoms with van der Waals surface area (Å²) in [6.07, 6.45) is 0. The summed E-state index contributed by atoms with van der Waals surface area (Å²) < 4.78 is 10.3. The molecule has 0 amide bonds. The monoisotopic (exact) mass is 385 g/mol. The standard InChI is InChI=1S/C18H28NO4PS/c1-9-19(10-2)13-11(3)24-18(13,16(21)23-8)12(15(20)22-7)14(25-24)17(4,5)6/h9-10H2,1-8H3. The van der Waals surface area contributed by atoms with Crippen LogP contribution in [0.25, 0.3) is 0 Å². The third kappa shape index (κ3) is 2.73. The predicted molar refractivity (Wildman–Crippen MR) is 103 cm³/mol. The molecule has 2 heterocycles. The van der Waals surface area contributed by atoms with Gasteiger partial charge in [0.15, 0.2) is 5.16 Å². The first-order chi connectivity index (χ1) is 11.6. The van der Waals surface area contributed by atoms with Gasteiger partial charge in [0.2, 0.25) is 0 Å². The molecule has 5 nitrogen and oxygen atoms in total. The molecule has 2 aliphatic heterocycles. The number of carbonyl (C=O) groups excluding carboxylic acids is 2. The van der Waals surface area contributed by atoms with Gasteiger partial charge in [0, 0.05) is 30.8 Å². The normalized spacial score (nSPS) is 25.5. The van der Waals surface area contributed by atoms with Gasteiger partial charge in [-0.1, -0.05) is 32.2 Å². The zero-order chi connectivity index (χ0) is 19.2. The summed E-state index contributed by atoms with van der Waals surface area (Å²) in [7, 11) is 1.87. The Morgan fingerprint density at radius 2 is 1.72 bits per heavy atom. The quantitative estimate of drug-likeness (QED) is 0.525. The number of esters is 2. The van der Waals surface area contributed by atoms with E-state index in [1.54, 1.807) is 11.4 Å². The first-order valence-electron chi connectivity index (χ1n) is 8.49. The molecule has 25 heavy (non-hydrogen) atoms. The van der Waals surface area contributed by atoms with Crippen LogP contribution in [-0.2, 0) is 19.1 Å². The Balaban J connectivity index is 2.80. The average Bonchev–Trinajstić information content (AvgIpc) is 2.89. The van der Waals surface area contributed by atoms with Gasteiger partial charge < -0.3 is 14.4 Å². The van der Waals surface area contributed by atoms with E-state index < -0.39 is 18.2 Å². The molecule has 0 saturated heterocycles. The van der Waals surface area contributed by atoms with Crippen LogP contribution in [0.15, 0.2) is 21.5 Å². The van der Waals surface area contributed by atoms with Gasteiger partial charge >= 0.3 is 11.9 Å². The van der Waals surface area contributed by atoms with Crippen molar-refractivity contribution in [3.63, 3.8) is 0 Å². The third-order valence-electron chi connectivity index (χ3n) is 4.70. The molecule has 0 aromatic carbocycles. The van der Waals surface area contributed by atoms with Gasteiger partial charge in [0.05, 0.1) is 19.8 Å². The first kappa shape index (κ1) is 20.3. The van der Waals surface area contributed by atoms with Crippen molar-refractivity contribution in [2.24, 2.45) is 5.41 Å². The number of ether oxygens (including phenoxy) is 2. The second-order valence-corrected chi connectivity index (χ2v) is 11.3. The zero-order valence-corrected chi connectivity index (χ0v) is 18.1. The molecule has 0 aromatic heterocycles. The minimum absolute atomic E-state index is 0.246. The molecule has 2 rings (SSSR count). The molecule has 0 bridgehead atoms. The number of hydrogen-bond donors (Lipinski definition) is 0. The van der Waals surface area contributed by atoms with Gasteiger partial charge in [-0.15, -0.1) is 0 Å². The molecule has 0 N–H and O–H groups in total. The van der Waals surface area contributed by atoms with Crippen molar-refractivity contribution in [3.05, 3.63) is 21.5 Å². The van der Waals surface area contributed by atoms with Crippen LogP contribution in [0.2, 0.25) is 0 Å². The highest BCUT2D eigenvalue weighted by atomic mass is 32.7. The second-order valence-electron chi connectivity index (χ2n) is 7.14.